The Balaban J connectivity index is 1.83. The lowest BCUT2D eigenvalue weighted by atomic mass is 10.2. The minimum absolute atomic E-state index is 0.339. The van der Waals surface area contributed by atoms with Gasteiger partial charge in [0.1, 0.15) is 0 Å². The van der Waals surface area contributed by atoms with Crippen LogP contribution in [0, 0.1) is 11.3 Å². The molecule has 0 heterocycles. The quantitative estimate of drug-likeness (QED) is 0.879. The van der Waals surface area contributed by atoms with E-state index in [2.05, 4.69) is 54.5 Å². The van der Waals surface area contributed by atoms with E-state index in [1.54, 1.807) is 0 Å². The number of benzene rings is 2. The number of anilines is 1. The van der Waals surface area contributed by atoms with Crippen LogP contribution in [0.2, 0.25) is 0 Å². The van der Waals surface area contributed by atoms with Gasteiger partial charge in [0.2, 0.25) is 0 Å². The summed E-state index contributed by atoms with van der Waals surface area (Å²) in [7, 11) is 2.13. The fourth-order valence-corrected chi connectivity index (χ4v) is 2.40. The zero-order valence-electron chi connectivity index (χ0n) is 12.6. The van der Waals surface area contributed by atoms with Gasteiger partial charge in [0.15, 0.2) is 0 Å². The van der Waals surface area contributed by atoms with Crippen LogP contribution in [0.3, 0.4) is 0 Å². The Bertz CT molecular complexity index is 584. The molecule has 0 radical (unpaired) electrons. The van der Waals surface area contributed by atoms with Crippen molar-refractivity contribution in [1.29, 1.82) is 5.26 Å². The molecule has 0 aliphatic carbocycles. The van der Waals surface area contributed by atoms with Crippen molar-refractivity contribution in [3.8, 4) is 6.07 Å². The maximum absolute atomic E-state index is 8.79. The molecule has 1 unspecified atom stereocenters. The Morgan fingerprint density at radius 3 is 2.38 bits per heavy atom. The Morgan fingerprint density at radius 2 is 1.76 bits per heavy atom. The van der Waals surface area contributed by atoms with E-state index >= 15 is 0 Å². The van der Waals surface area contributed by atoms with Crippen molar-refractivity contribution in [2.45, 2.75) is 19.5 Å². The second-order valence-corrected chi connectivity index (χ2v) is 5.42. The summed E-state index contributed by atoms with van der Waals surface area (Å²) in [4.78, 5) is 2.30. The molecule has 2 rings (SSSR count). The summed E-state index contributed by atoms with van der Waals surface area (Å²) < 4.78 is 0. The molecule has 108 valence electrons. The van der Waals surface area contributed by atoms with Crippen LogP contribution in [0.1, 0.15) is 18.1 Å². The van der Waals surface area contributed by atoms with Crippen molar-refractivity contribution >= 4 is 5.69 Å². The molecule has 0 aliphatic rings. The van der Waals surface area contributed by atoms with Crippen LogP contribution in [0.15, 0.2) is 54.6 Å². The van der Waals surface area contributed by atoms with E-state index in [9.17, 15) is 0 Å². The van der Waals surface area contributed by atoms with Crippen LogP contribution < -0.4 is 5.32 Å². The number of nitrogens with zero attached hydrogens (tertiary/aromatic N) is 2. The molecule has 2 aromatic carbocycles. The lowest BCUT2D eigenvalue weighted by molar-refractivity contribution is 0.316. The summed E-state index contributed by atoms with van der Waals surface area (Å²) in [6.45, 7) is 4.06. The van der Waals surface area contributed by atoms with E-state index in [4.69, 9.17) is 5.26 Å². The largest absolute Gasteiger partial charge is 0.381 e. The smallest absolute Gasteiger partial charge is 0.0991 e. The fraction of sp³-hybridized carbons (Fsp3) is 0.278. The lowest BCUT2D eigenvalue weighted by Gasteiger charge is -2.23. The molecule has 2 aromatic rings. The molecule has 3 nitrogen and oxygen atoms in total. The van der Waals surface area contributed by atoms with E-state index < -0.39 is 0 Å². The summed E-state index contributed by atoms with van der Waals surface area (Å²) in [6, 6.07) is 20.5. The second-order valence-electron chi connectivity index (χ2n) is 5.42. The minimum atomic E-state index is 0.339. The summed E-state index contributed by atoms with van der Waals surface area (Å²) in [5.74, 6) is 0. The monoisotopic (exact) mass is 279 g/mol. The summed E-state index contributed by atoms with van der Waals surface area (Å²) in [5, 5.41) is 12.3. The van der Waals surface area contributed by atoms with Gasteiger partial charge in [-0.2, -0.15) is 5.26 Å². The van der Waals surface area contributed by atoms with E-state index in [1.165, 1.54) is 5.56 Å². The van der Waals surface area contributed by atoms with Crippen LogP contribution in [-0.4, -0.2) is 24.5 Å². The Labute approximate surface area is 126 Å². The lowest BCUT2D eigenvalue weighted by Crippen LogP contribution is -2.31. The zero-order chi connectivity index (χ0) is 15.1. The first-order valence-electron chi connectivity index (χ1n) is 7.16. The third kappa shape index (κ3) is 4.94. The van der Waals surface area contributed by atoms with Crippen LogP contribution in [0.4, 0.5) is 5.69 Å². The average molecular weight is 279 g/mol. The van der Waals surface area contributed by atoms with Gasteiger partial charge in [0.05, 0.1) is 11.6 Å². The number of hydrogen-bond acceptors (Lipinski definition) is 3. The highest BCUT2D eigenvalue weighted by Gasteiger charge is 2.07. The van der Waals surface area contributed by atoms with Gasteiger partial charge in [0.25, 0.3) is 0 Å². The number of nitrogens with one attached hydrogen (secondary N) is 1. The molecule has 0 saturated carbocycles. The van der Waals surface area contributed by atoms with Gasteiger partial charge < -0.3 is 10.2 Å². The molecule has 0 aromatic heterocycles. The molecule has 0 amide bonds. The number of rotatable bonds is 6. The van der Waals surface area contributed by atoms with Gasteiger partial charge in [-0.05, 0) is 43.8 Å². The predicted molar refractivity (Wildman–Crippen MR) is 87.0 cm³/mol. The van der Waals surface area contributed by atoms with Crippen molar-refractivity contribution in [2.75, 3.05) is 18.9 Å². The molecule has 0 aliphatic heterocycles. The van der Waals surface area contributed by atoms with Crippen molar-refractivity contribution in [1.82, 2.24) is 4.90 Å². The van der Waals surface area contributed by atoms with Gasteiger partial charge in [-0.25, -0.2) is 0 Å². The normalized spacial score (nSPS) is 11.9. The van der Waals surface area contributed by atoms with E-state index in [1.807, 2.05) is 30.3 Å². The number of hydrogen-bond donors (Lipinski definition) is 1. The standard InChI is InChI=1S/C18H21N3/c1-15(20-18-10-8-16(12-19)9-11-18)13-21(2)14-17-6-4-3-5-7-17/h3-11,15,20H,13-14H2,1-2H3. The van der Waals surface area contributed by atoms with Crippen molar-refractivity contribution in [3.05, 3.63) is 65.7 Å². The third-order valence-corrected chi connectivity index (χ3v) is 3.31. The minimum Gasteiger partial charge on any atom is -0.381 e. The molecule has 0 saturated heterocycles. The fourth-order valence-electron chi connectivity index (χ4n) is 2.40. The molecular formula is C18H21N3. The highest BCUT2D eigenvalue weighted by atomic mass is 15.1. The van der Waals surface area contributed by atoms with Crippen LogP contribution in [-0.2, 0) is 6.54 Å². The van der Waals surface area contributed by atoms with Crippen LogP contribution >= 0.6 is 0 Å². The predicted octanol–water partition coefficient (Wildman–Crippen LogP) is 3.49. The maximum Gasteiger partial charge on any atom is 0.0991 e. The first-order valence-corrected chi connectivity index (χ1v) is 7.16. The number of likely N-dealkylation sites (N-methyl/N-ethyl adjacent to an activating group) is 1. The van der Waals surface area contributed by atoms with Crippen molar-refractivity contribution < 1.29 is 0 Å². The topological polar surface area (TPSA) is 39.1 Å². The first-order chi connectivity index (χ1) is 10.2. The van der Waals surface area contributed by atoms with Gasteiger partial charge in [-0.15, -0.1) is 0 Å². The Hall–Kier alpha value is -2.31. The van der Waals surface area contributed by atoms with Crippen molar-refractivity contribution in [2.24, 2.45) is 0 Å². The van der Waals surface area contributed by atoms with Gasteiger partial charge in [0, 0.05) is 24.8 Å². The maximum atomic E-state index is 8.79. The molecule has 21 heavy (non-hydrogen) atoms. The Morgan fingerprint density at radius 1 is 1.10 bits per heavy atom. The SMILES string of the molecule is CC(CN(C)Cc1ccccc1)Nc1ccc(C#N)cc1. The highest BCUT2D eigenvalue weighted by Crippen LogP contribution is 2.11. The van der Waals surface area contributed by atoms with Gasteiger partial charge in [-0.1, -0.05) is 30.3 Å². The van der Waals surface area contributed by atoms with E-state index in [0.717, 1.165) is 18.8 Å². The number of nitriles is 1. The van der Waals surface area contributed by atoms with Crippen molar-refractivity contribution in [3.63, 3.8) is 0 Å². The average Bonchev–Trinajstić information content (AvgIpc) is 2.48. The molecular weight excluding hydrogens is 258 g/mol. The zero-order valence-corrected chi connectivity index (χ0v) is 12.6. The van der Waals surface area contributed by atoms with E-state index in [0.29, 0.717) is 11.6 Å². The molecule has 0 bridgehead atoms. The van der Waals surface area contributed by atoms with Crippen LogP contribution in [0.25, 0.3) is 0 Å². The summed E-state index contributed by atoms with van der Waals surface area (Å²) in [6.07, 6.45) is 0. The summed E-state index contributed by atoms with van der Waals surface area (Å²) in [5.41, 5.74) is 3.06. The third-order valence-electron chi connectivity index (χ3n) is 3.31. The van der Waals surface area contributed by atoms with Gasteiger partial charge >= 0.3 is 0 Å². The Kier molecular flexibility index (Phi) is 5.36. The molecule has 3 heteroatoms. The second kappa shape index (κ2) is 7.47. The highest BCUT2D eigenvalue weighted by molar-refractivity contribution is 5.47. The molecule has 0 spiro atoms. The molecule has 1 N–H and O–H groups in total. The molecule has 0 fully saturated rings. The molecule has 1 atom stereocenters. The summed E-state index contributed by atoms with van der Waals surface area (Å²) >= 11 is 0. The first kappa shape index (κ1) is 15.1. The van der Waals surface area contributed by atoms with Gasteiger partial charge in [-0.3, -0.25) is 0 Å². The van der Waals surface area contributed by atoms with Crippen LogP contribution in [0.5, 0.6) is 0 Å². The van der Waals surface area contributed by atoms with E-state index in [-0.39, 0.29) is 0 Å².